The van der Waals surface area contributed by atoms with Gasteiger partial charge in [0.05, 0.1) is 0 Å². The van der Waals surface area contributed by atoms with Gasteiger partial charge in [0.2, 0.25) is 0 Å². The second-order valence-electron chi connectivity index (χ2n) is 7.17. The van der Waals surface area contributed by atoms with E-state index in [1.807, 2.05) is 7.11 Å². The Kier molecular flexibility index (Phi) is 4.16. The summed E-state index contributed by atoms with van der Waals surface area (Å²) in [5.41, 5.74) is 0.612. The fourth-order valence-corrected chi connectivity index (χ4v) is 4.05. The van der Waals surface area contributed by atoms with Crippen molar-refractivity contribution in [3.8, 4) is 0 Å². The van der Waals surface area contributed by atoms with Gasteiger partial charge in [-0.2, -0.15) is 0 Å². The number of ether oxygens (including phenoxy) is 1. The molecule has 2 atom stereocenters. The molecule has 2 aliphatic heterocycles. The monoisotopic (exact) mass is 266 g/mol. The van der Waals surface area contributed by atoms with Crippen LogP contribution < -0.4 is 0 Å². The first-order chi connectivity index (χ1) is 9.22. The lowest BCUT2D eigenvalue weighted by atomic mass is 9.94. The fraction of sp³-hybridized carbons (Fsp3) is 1.00. The fourth-order valence-electron chi connectivity index (χ4n) is 4.05. The summed E-state index contributed by atoms with van der Waals surface area (Å²) >= 11 is 0. The maximum absolute atomic E-state index is 5.29. The zero-order chi connectivity index (χ0) is 13.3. The van der Waals surface area contributed by atoms with Crippen LogP contribution in [0.4, 0.5) is 0 Å². The molecule has 0 aromatic rings. The molecular formula is C16H30N2O. The van der Waals surface area contributed by atoms with Crippen molar-refractivity contribution in [1.82, 2.24) is 9.80 Å². The average molecular weight is 266 g/mol. The summed E-state index contributed by atoms with van der Waals surface area (Å²) in [7, 11) is 1.83. The molecule has 3 rings (SSSR count). The molecule has 3 fully saturated rings. The Balaban J connectivity index is 1.55. The minimum Gasteiger partial charge on any atom is -0.385 e. The quantitative estimate of drug-likeness (QED) is 0.760. The van der Waals surface area contributed by atoms with Crippen LogP contribution >= 0.6 is 0 Å². The van der Waals surface area contributed by atoms with E-state index >= 15 is 0 Å². The topological polar surface area (TPSA) is 15.7 Å². The van der Waals surface area contributed by atoms with Gasteiger partial charge in [0.25, 0.3) is 0 Å². The van der Waals surface area contributed by atoms with Crippen LogP contribution in [-0.4, -0.2) is 61.8 Å². The Morgan fingerprint density at radius 1 is 1.21 bits per heavy atom. The number of hydrogen-bond donors (Lipinski definition) is 0. The summed E-state index contributed by atoms with van der Waals surface area (Å²) in [6, 6.07) is 1.59. The van der Waals surface area contributed by atoms with E-state index in [0.29, 0.717) is 5.41 Å². The van der Waals surface area contributed by atoms with E-state index in [9.17, 15) is 0 Å². The van der Waals surface area contributed by atoms with Gasteiger partial charge >= 0.3 is 0 Å². The summed E-state index contributed by atoms with van der Waals surface area (Å²) < 4.78 is 5.29. The molecule has 110 valence electrons. The van der Waals surface area contributed by atoms with Crippen LogP contribution in [0.2, 0.25) is 0 Å². The van der Waals surface area contributed by atoms with Gasteiger partial charge in [-0.05, 0) is 51.0 Å². The second-order valence-corrected chi connectivity index (χ2v) is 7.17. The van der Waals surface area contributed by atoms with E-state index < -0.39 is 0 Å². The van der Waals surface area contributed by atoms with Crippen molar-refractivity contribution in [2.24, 2.45) is 5.41 Å². The first kappa shape index (κ1) is 13.8. The van der Waals surface area contributed by atoms with Crippen molar-refractivity contribution in [2.45, 2.75) is 57.5 Å². The molecule has 1 aliphatic carbocycles. The van der Waals surface area contributed by atoms with E-state index in [-0.39, 0.29) is 0 Å². The Labute approximate surface area is 118 Å². The van der Waals surface area contributed by atoms with Crippen LogP contribution in [0.1, 0.15) is 45.4 Å². The van der Waals surface area contributed by atoms with Gasteiger partial charge in [-0.1, -0.05) is 6.42 Å². The number of nitrogens with zero attached hydrogens (tertiary/aromatic N) is 2. The zero-order valence-electron chi connectivity index (χ0n) is 12.7. The molecule has 1 saturated carbocycles. The number of piperidine rings is 1. The van der Waals surface area contributed by atoms with Crippen molar-refractivity contribution >= 4 is 0 Å². The summed E-state index contributed by atoms with van der Waals surface area (Å²) in [6.45, 7) is 8.65. The lowest BCUT2D eigenvalue weighted by molar-refractivity contribution is 0.00244. The predicted octanol–water partition coefficient (Wildman–Crippen LogP) is 2.36. The maximum Gasteiger partial charge on any atom is 0.0468 e. The van der Waals surface area contributed by atoms with Gasteiger partial charge in [0.1, 0.15) is 0 Å². The van der Waals surface area contributed by atoms with Gasteiger partial charge in [0, 0.05) is 45.4 Å². The molecule has 0 aromatic carbocycles. The predicted molar refractivity (Wildman–Crippen MR) is 78.4 cm³/mol. The Hall–Kier alpha value is -0.120. The molecule has 3 heteroatoms. The molecule has 2 saturated heterocycles. The Morgan fingerprint density at radius 2 is 2.05 bits per heavy atom. The molecule has 2 unspecified atom stereocenters. The molecule has 3 nitrogen and oxygen atoms in total. The number of rotatable bonds is 5. The lowest BCUT2D eigenvalue weighted by Gasteiger charge is -2.48. The normalized spacial score (nSPS) is 35.1. The van der Waals surface area contributed by atoms with Gasteiger partial charge in [-0.15, -0.1) is 0 Å². The van der Waals surface area contributed by atoms with Gasteiger partial charge in [-0.3, -0.25) is 9.80 Å². The van der Waals surface area contributed by atoms with E-state index in [1.54, 1.807) is 0 Å². The number of hydrogen-bond acceptors (Lipinski definition) is 3. The van der Waals surface area contributed by atoms with Crippen molar-refractivity contribution in [3.63, 3.8) is 0 Å². The molecule has 2 heterocycles. The van der Waals surface area contributed by atoms with Crippen LogP contribution in [0.5, 0.6) is 0 Å². The van der Waals surface area contributed by atoms with Gasteiger partial charge in [-0.25, -0.2) is 0 Å². The highest BCUT2D eigenvalue weighted by Gasteiger charge is 2.45. The molecule has 19 heavy (non-hydrogen) atoms. The van der Waals surface area contributed by atoms with E-state index in [1.165, 1.54) is 64.7 Å². The molecule has 0 spiro atoms. The summed E-state index contributed by atoms with van der Waals surface area (Å²) in [5, 5.41) is 0. The SMILES string of the molecule is COCCC1(CN2CC3CCCCN3CC2C)CC1. The molecular weight excluding hydrogens is 236 g/mol. The van der Waals surface area contributed by atoms with Crippen molar-refractivity contribution < 1.29 is 4.74 Å². The minimum atomic E-state index is 0.612. The molecule has 0 amide bonds. The zero-order valence-corrected chi connectivity index (χ0v) is 12.7. The van der Waals surface area contributed by atoms with Crippen molar-refractivity contribution in [2.75, 3.05) is 39.9 Å². The lowest BCUT2D eigenvalue weighted by Crippen LogP contribution is -2.59. The Morgan fingerprint density at radius 3 is 2.79 bits per heavy atom. The highest BCUT2D eigenvalue weighted by molar-refractivity contribution is 4.99. The first-order valence-corrected chi connectivity index (χ1v) is 8.19. The number of piperazine rings is 1. The third kappa shape index (κ3) is 3.14. The summed E-state index contributed by atoms with van der Waals surface area (Å²) in [6.07, 6.45) is 8.40. The smallest absolute Gasteiger partial charge is 0.0468 e. The largest absolute Gasteiger partial charge is 0.385 e. The highest BCUT2D eigenvalue weighted by atomic mass is 16.5. The molecule has 3 aliphatic rings. The second kappa shape index (κ2) is 5.71. The number of fused-ring (bicyclic) bond motifs is 1. The van der Waals surface area contributed by atoms with E-state index in [2.05, 4.69) is 16.7 Å². The van der Waals surface area contributed by atoms with Crippen LogP contribution in [0.3, 0.4) is 0 Å². The van der Waals surface area contributed by atoms with Crippen molar-refractivity contribution in [3.05, 3.63) is 0 Å². The molecule has 0 radical (unpaired) electrons. The number of methoxy groups -OCH3 is 1. The van der Waals surface area contributed by atoms with Crippen molar-refractivity contribution in [1.29, 1.82) is 0 Å². The highest BCUT2D eigenvalue weighted by Crippen LogP contribution is 2.50. The summed E-state index contributed by atoms with van der Waals surface area (Å²) in [5.74, 6) is 0. The first-order valence-electron chi connectivity index (χ1n) is 8.19. The Bertz CT molecular complexity index is 303. The average Bonchev–Trinajstić information content (AvgIpc) is 3.18. The van der Waals surface area contributed by atoms with Crippen LogP contribution in [0.25, 0.3) is 0 Å². The molecule has 0 bridgehead atoms. The standard InChI is InChI=1S/C16H30N2O/c1-14-11-17-9-4-3-5-15(17)12-18(14)13-16(6-7-16)8-10-19-2/h14-15H,3-13H2,1-2H3. The van der Waals surface area contributed by atoms with Crippen LogP contribution in [0, 0.1) is 5.41 Å². The summed E-state index contributed by atoms with van der Waals surface area (Å²) in [4.78, 5) is 5.54. The van der Waals surface area contributed by atoms with Crippen LogP contribution in [-0.2, 0) is 4.74 Å². The third-order valence-corrected chi connectivity index (χ3v) is 5.65. The van der Waals surface area contributed by atoms with E-state index in [0.717, 1.165) is 18.7 Å². The van der Waals surface area contributed by atoms with E-state index in [4.69, 9.17) is 4.74 Å². The minimum absolute atomic E-state index is 0.612. The molecule has 0 N–H and O–H groups in total. The van der Waals surface area contributed by atoms with Gasteiger partial charge < -0.3 is 4.74 Å². The van der Waals surface area contributed by atoms with Crippen LogP contribution in [0.15, 0.2) is 0 Å². The van der Waals surface area contributed by atoms with Gasteiger partial charge in [0.15, 0.2) is 0 Å². The maximum atomic E-state index is 5.29. The third-order valence-electron chi connectivity index (χ3n) is 5.65. The molecule has 0 aromatic heterocycles.